The van der Waals surface area contributed by atoms with E-state index in [0.29, 0.717) is 0 Å². The molecule has 0 atom stereocenters. The van der Waals surface area contributed by atoms with Crippen LogP contribution in [0.15, 0.2) is 12.2 Å². The van der Waals surface area contributed by atoms with Crippen LogP contribution in [0.1, 0.15) is 27.2 Å². The monoisotopic (exact) mass is 269 g/mol. The summed E-state index contributed by atoms with van der Waals surface area (Å²) < 4.78 is 9.93. The zero-order chi connectivity index (χ0) is 14.5. The molecule has 0 bridgehead atoms. The minimum Gasteiger partial charge on any atom is -0.464 e. The first kappa shape index (κ1) is 15.2. The van der Waals surface area contributed by atoms with Gasteiger partial charge >= 0.3 is 11.9 Å². The first-order chi connectivity index (χ1) is 9.00. The minimum absolute atomic E-state index is 0.0737. The summed E-state index contributed by atoms with van der Waals surface area (Å²) in [5, 5.41) is 0. The second kappa shape index (κ2) is 6.36. The van der Waals surface area contributed by atoms with E-state index < -0.39 is 17.5 Å². The number of hydrogen-bond donors (Lipinski definition) is 0. The Morgan fingerprint density at radius 3 is 2.05 bits per heavy atom. The van der Waals surface area contributed by atoms with Crippen LogP contribution in [0.2, 0.25) is 0 Å². The van der Waals surface area contributed by atoms with Crippen LogP contribution >= 0.6 is 0 Å². The average Bonchev–Trinajstić information content (AvgIpc) is 2.38. The smallest absolute Gasteiger partial charge is 0.344 e. The summed E-state index contributed by atoms with van der Waals surface area (Å²) in [5.74, 6) is -1.86. The first-order valence-electron chi connectivity index (χ1n) is 6.28. The van der Waals surface area contributed by atoms with Gasteiger partial charge in [0.05, 0.1) is 13.2 Å². The van der Waals surface area contributed by atoms with Crippen molar-refractivity contribution < 1.29 is 23.9 Å². The molecule has 1 heterocycles. The fourth-order valence-electron chi connectivity index (χ4n) is 2.07. The lowest BCUT2D eigenvalue weighted by Gasteiger charge is -2.39. The Morgan fingerprint density at radius 1 is 1.11 bits per heavy atom. The number of carbonyl (C=O) groups excluding carboxylic acids is 3. The molecule has 0 fully saturated rings. The van der Waals surface area contributed by atoms with Gasteiger partial charge in [0, 0.05) is 19.9 Å². The van der Waals surface area contributed by atoms with Crippen molar-refractivity contribution in [3.05, 3.63) is 12.2 Å². The van der Waals surface area contributed by atoms with Gasteiger partial charge in [0.25, 0.3) is 0 Å². The van der Waals surface area contributed by atoms with E-state index in [0.717, 1.165) is 0 Å². The molecule has 0 saturated carbocycles. The molecule has 6 nitrogen and oxygen atoms in total. The first-order valence-corrected chi connectivity index (χ1v) is 6.28. The van der Waals surface area contributed by atoms with Crippen molar-refractivity contribution in [2.24, 2.45) is 0 Å². The van der Waals surface area contributed by atoms with E-state index in [1.807, 2.05) is 0 Å². The fourth-order valence-corrected chi connectivity index (χ4v) is 2.07. The summed E-state index contributed by atoms with van der Waals surface area (Å²) in [6.07, 6.45) is 3.50. The van der Waals surface area contributed by atoms with Crippen LogP contribution in [0.4, 0.5) is 0 Å². The molecule has 0 N–H and O–H groups in total. The van der Waals surface area contributed by atoms with Crippen LogP contribution < -0.4 is 0 Å². The standard InChI is InChI=1S/C13H19NO5/c1-4-18-11(16)13(12(17)19-5-2)8-6-7-9-14(13)10(3)15/h6-7H,4-5,8-9H2,1-3H3. The highest BCUT2D eigenvalue weighted by atomic mass is 16.6. The van der Waals surface area contributed by atoms with Crippen molar-refractivity contribution >= 4 is 17.8 Å². The van der Waals surface area contributed by atoms with Crippen molar-refractivity contribution in [2.75, 3.05) is 19.8 Å². The highest BCUT2D eigenvalue weighted by Crippen LogP contribution is 2.28. The van der Waals surface area contributed by atoms with Crippen LogP contribution in [0.3, 0.4) is 0 Å². The third-order valence-electron chi connectivity index (χ3n) is 2.94. The Kier molecular flexibility index (Phi) is 5.09. The van der Waals surface area contributed by atoms with E-state index in [1.165, 1.54) is 11.8 Å². The van der Waals surface area contributed by atoms with Gasteiger partial charge in [0.2, 0.25) is 11.4 Å². The van der Waals surface area contributed by atoms with Gasteiger partial charge in [-0.15, -0.1) is 0 Å². The molecular formula is C13H19NO5. The molecule has 1 amide bonds. The summed E-state index contributed by atoms with van der Waals surface area (Å²) in [6, 6.07) is 0. The molecule has 19 heavy (non-hydrogen) atoms. The second-order valence-corrected chi connectivity index (χ2v) is 4.11. The predicted molar refractivity (Wildman–Crippen MR) is 67.1 cm³/mol. The number of carbonyl (C=O) groups is 3. The molecule has 106 valence electrons. The molecule has 6 heteroatoms. The Labute approximate surface area is 112 Å². The summed E-state index contributed by atoms with van der Waals surface area (Å²) in [4.78, 5) is 37.3. The van der Waals surface area contributed by atoms with Gasteiger partial charge in [0.15, 0.2) is 0 Å². The van der Waals surface area contributed by atoms with Crippen LogP contribution in [0.5, 0.6) is 0 Å². The number of ether oxygens (including phenoxy) is 2. The van der Waals surface area contributed by atoms with Gasteiger partial charge in [-0.25, -0.2) is 9.59 Å². The van der Waals surface area contributed by atoms with E-state index in [2.05, 4.69) is 0 Å². The lowest BCUT2D eigenvalue weighted by molar-refractivity contribution is -0.178. The normalized spacial score (nSPS) is 16.9. The molecule has 0 aromatic heterocycles. The van der Waals surface area contributed by atoms with E-state index in [-0.39, 0.29) is 32.1 Å². The second-order valence-electron chi connectivity index (χ2n) is 4.11. The van der Waals surface area contributed by atoms with Crippen LogP contribution in [-0.4, -0.2) is 48.0 Å². The number of nitrogens with zero attached hydrogens (tertiary/aromatic N) is 1. The van der Waals surface area contributed by atoms with E-state index in [1.54, 1.807) is 26.0 Å². The fraction of sp³-hybridized carbons (Fsp3) is 0.615. The third kappa shape index (κ3) is 2.77. The molecule has 0 unspecified atom stereocenters. The van der Waals surface area contributed by atoms with E-state index in [9.17, 15) is 14.4 Å². The molecule has 1 aliphatic rings. The molecule has 1 rings (SSSR count). The number of amides is 1. The summed E-state index contributed by atoms with van der Waals surface area (Å²) in [5.41, 5.74) is -1.69. The van der Waals surface area contributed by atoms with Gasteiger partial charge in [0.1, 0.15) is 0 Å². The maximum atomic E-state index is 12.2. The molecule has 0 aliphatic carbocycles. The van der Waals surface area contributed by atoms with Crippen molar-refractivity contribution in [3.8, 4) is 0 Å². The summed E-state index contributed by atoms with van der Waals surface area (Å²) >= 11 is 0. The van der Waals surface area contributed by atoms with Gasteiger partial charge in [-0.05, 0) is 13.8 Å². The SMILES string of the molecule is CCOC(=O)C1(C(=O)OCC)CC=CCN1C(C)=O. The molecule has 1 aliphatic heterocycles. The summed E-state index contributed by atoms with van der Waals surface area (Å²) in [6.45, 7) is 5.06. The molecule has 0 saturated heterocycles. The Morgan fingerprint density at radius 2 is 1.63 bits per heavy atom. The van der Waals surface area contributed by atoms with Gasteiger partial charge in [-0.3, -0.25) is 4.79 Å². The molecular weight excluding hydrogens is 250 g/mol. The lowest BCUT2D eigenvalue weighted by Crippen LogP contribution is -2.63. The Balaban J connectivity index is 3.22. The summed E-state index contributed by atoms with van der Waals surface area (Å²) in [7, 11) is 0. The third-order valence-corrected chi connectivity index (χ3v) is 2.94. The maximum absolute atomic E-state index is 12.2. The largest absolute Gasteiger partial charge is 0.464 e. The van der Waals surface area contributed by atoms with Gasteiger partial charge in [-0.2, -0.15) is 0 Å². The van der Waals surface area contributed by atoms with Crippen molar-refractivity contribution in [2.45, 2.75) is 32.7 Å². The van der Waals surface area contributed by atoms with E-state index >= 15 is 0 Å². The van der Waals surface area contributed by atoms with Crippen molar-refractivity contribution in [1.29, 1.82) is 0 Å². The predicted octanol–water partition coefficient (Wildman–Crippen LogP) is 0.660. The zero-order valence-electron chi connectivity index (χ0n) is 11.5. The number of rotatable bonds is 4. The van der Waals surface area contributed by atoms with Crippen molar-refractivity contribution in [1.82, 2.24) is 4.90 Å². The topological polar surface area (TPSA) is 72.9 Å². The average molecular weight is 269 g/mol. The number of esters is 2. The Hall–Kier alpha value is -1.85. The van der Waals surface area contributed by atoms with Gasteiger partial charge < -0.3 is 14.4 Å². The number of hydrogen-bond acceptors (Lipinski definition) is 5. The minimum atomic E-state index is -1.69. The molecule has 0 spiro atoms. The van der Waals surface area contributed by atoms with Gasteiger partial charge in [-0.1, -0.05) is 12.2 Å². The highest BCUT2D eigenvalue weighted by Gasteiger charge is 2.55. The maximum Gasteiger partial charge on any atom is 0.344 e. The lowest BCUT2D eigenvalue weighted by atomic mass is 9.89. The van der Waals surface area contributed by atoms with Crippen LogP contribution in [-0.2, 0) is 23.9 Å². The Bertz CT molecular complexity index is 384. The van der Waals surface area contributed by atoms with Crippen LogP contribution in [0, 0.1) is 0 Å². The van der Waals surface area contributed by atoms with E-state index in [4.69, 9.17) is 9.47 Å². The van der Waals surface area contributed by atoms with Crippen LogP contribution in [0.25, 0.3) is 0 Å². The molecule has 0 aromatic rings. The molecule has 0 radical (unpaired) electrons. The zero-order valence-corrected chi connectivity index (χ0v) is 11.5. The quantitative estimate of drug-likeness (QED) is 0.426. The highest BCUT2D eigenvalue weighted by molar-refractivity contribution is 6.08. The van der Waals surface area contributed by atoms with Crippen molar-refractivity contribution in [3.63, 3.8) is 0 Å². The molecule has 0 aromatic carbocycles.